The summed E-state index contributed by atoms with van der Waals surface area (Å²) in [5.41, 5.74) is 2.21. The minimum absolute atomic E-state index is 0.00360. The van der Waals surface area contributed by atoms with Gasteiger partial charge in [0.05, 0.1) is 12.5 Å². The molecule has 1 aliphatic heterocycles. The van der Waals surface area contributed by atoms with Crippen molar-refractivity contribution in [3.63, 3.8) is 0 Å². The van der Waals surface area contributed by atoms with Gasteiger partial charge in [-0.05, 0) is 36.2 Å². The molecule has 1 saturated heterocycles. The predicted octanol–water partition coefficient (Wildman–Crippen LogP) is 2.88. The van der Waals surface area contributed by atoms with Crippen LogP contribution in [0.1, 0.15) is 30.9 Å². The van der Waals surface area contributed by atoms with Gasteiger partial charge in [0.25, 0.3) is 0 Å². The van der Waals surface area contributed by atoms with Gasteiger partial charge in [0.15, 0.2) is 0 Å². The third-order valence-electron chi connectivity index (χ3n) is 4.10. The molecule has 2 amide bonds. The molecule has 0 radical (unpaired) electrons. The molecule has 1 fully saturated rings. The lowest BCUT2D eigenvalue weighted by atomic mass is 10.1. The van der Waals surface area contributed by atoms with Gasteiger partial charge in [0, 0.05) is 24.3 Å². The Labute approximate surface area is 140 Å². The first-order valence-electron chi connectivity index (χ1n) is 8.07. The second kappa shape index (κ2) is 7.27. The van der Waals surface area contributed by atoms with Crippen molar-refractivity contribution >= 4 is 23.2 Å². The van der Waals surface area contributed by atoms with E-state index >= 15 is 0 Å². The molecule has 0 aliphatic carbocycles. The molecule has 1 atom stereocenters. The minimum Gasteiger partial charge on any atom is -0.388 e. The van der Waals surface area contributed by atoms with Gasteiger partial charge in [0.2, 0.25) is 11.8 Å². The highest BCUT2D eigenvalue weighted by atomic mass is 16.3. The van der Waals surface area contributed by atoms with Crippen molar-refractivity contribution in [1.29, 1.82) is 0 Å². The SMILES string of the molecule is O=C(CC(O)c1ccccc1)Nc1ccc(N2CCCC2=O)cc1. The maximum Gasteiger partial charge on any atom is 0.227 e. The Bertz CT molecular complexity index is 713. The van der Waals surface area contributed by atoms with E-state index in [1.54, 1.807) is 29.2 Å². The number of anilines is 2. The van der Waals surface area contributed by atoms with Gasteiger partial charge in [-0.15, -0.1) is 0 Å². The highest BCUT2D eigenvalue weighted by Gasteiger charge is 2.21. The monoisotopic (exact) mass is 324 g/mol. The number of nitrogens with zero attached hydrogens (tertiary/aromatic N) is 1. The lowest BCUT2D eigenvalue weighted by molar-refractivity contribution is -0.118. The van der Waals surface area contributed by atoms with E-state index in [1.807, 2.05) is 30.3 Å². The number of carbonyl (C=O) groups is 2. The molecule has 2 aromatic rings. The average molecular weight is 324 g/mol. The number of amides is 2. The van der Waals surface area contributed by atoms with Gasteiger partial charge in [-0.25, -0.2) is 0 Å². The van der Waals surface area contributed by atoms with Crippen LogP contribution >= 0.6 is 0 Å². The summed E-state index contributed by atoms with van der Waals surface area (Å²) >= 11 is 0. The van der Waals surface area contributed by atoms with E-state index in [9.17, 15) is 14.7 Å². The van der Waals surface area contributed by atoms with E-state index in [1.165, 1.54) is 0 Å². The van der Waals surface area contributed by atoms with Crippen LogP contribution in [0.2, 0.25) is 0 Å². The summed E-state index contributed by atoms with van der Waals surface area (Å²) in [6.07, 6.45) is 0.647. The second-order valence-corrected chi connectivity index (χ2v) is 5.87. The first-order valence-corrected chi connectivity index (χ1v) is 8.07. The average Bonchev–Trinajstić information content (AvgIpc) is 3.02. The summed E-state index contributed by atoms with van der Waals surface area (Å²) in [5, 5.41) is 12.8. The quantitative estimate of drug-likeness (QED) is 0.888. The standard InChI is InChI=1S/C19H20N2O3/c22-17(14-5-2-1-3-6-14)13-18(23)20-15-8-10-16(11-9-15)21-12-4-7-19(21)24/h1-3,5-6,8-11,17,22H,4,7,12-13H2,(H,20,23). The molecule has 0 spiro atoms. The zero-order chi connectivity index (χ0) is 16.9. The van der Waals surface area contributed by atoms with Crippen molar-refractivity contribution in [3.05, 3.63) is 60.2 Å². The van der Waals surface area contributed by atoms with Crippen LogP contribution in [-0.4, -0.2) is 23.5 Å². The topological polar surface area (TPSA) is 69.6 Å². The van der Waals surface area contributed by atoms with E-state index in [4.69, 9.17) is 0 Å². The number of hydrogen-bond donors (Lipinski definition) is 2. The first kappa shape index (κ1) is 16.2. The Morgan fingerprint density at radius 1 is 1.12 bits per heavy atom. The van der Waals surface area contributed by atoms with Gasteiger partial charge < -0.3 is 15.3 Å². The van der Waals surface area contributed by atoms with Crippen molar-refractivity contribution in [1.82, 2.24) is 0 Å². The van der Waals surface area contributed by atoms with Gasteiger partial charge in [-0.3, -0.25) is 9.59 Å². The summed E-state index contributed by atoms with van der Waals surface area (Å²) in [6.45, 7) is 0.744. The lowest BCUT2D eigenvalue weighted by Crippen LogP contribution is -2.23. The molecule has 3 rings (SSSR count). The zero-order valence-corrected chi connectivity index (χ0v) is 13.3. The van der Waals surface area contributed by atoms with Gasteiger partial charge in [-0.2, -0.15) is 0 Å². The summed E-state index contributed by atoms with van der Waals surface area (Å²) in [6, 6.07) is 16.3. The van der Waals surface area contributed by atoms with Crippen molar-refractivity contribution in [2.45, 2.75) is 25.4 Å². The molecule has 5 heteroatoms. The third kappa shape index (κ3) is 3.81. The Morgan fingerprint density at radius 3 is 2.46 bits per heavy atom. The fraction of sp³-hybridized carbons (Fsp3) is 0.263. The van der Waals surface area contributed by atoms with Gasteiger partial charge >= 0.3 is 0 Å². The van der Waals surface area contributed by atoms with Crippen LogP contribution in [0.4, 0.5) is 11.4 Å². The highest BCUT2D eigenvalue weighted by molar-refractivity contribution is 5.96. The maximum absolute atomic E-state index is 12.1. The number of benzene rings is 2. The lowest BCUT2D eigenvalue weighted by Gasteiger charge is -2.16. The normalized spacial score (nSPS) is 15.4. The molecule has 0 bridgehead atoms. The van der Waals surface area contributed by atoms with Gasteiger partial charge in [-0.1, -0.05) is 30.3 Å². The molecule has 0 saturated carbocycles. The van der Waals surface area contributed by atoms with Crippen molar-refractivity contribution in [3.8, 4) is 0 Å². The molecule has 1 heterocycles. The second-order valence-electron chi connectivity index (χ2n) is 5.87. The van der Waals surface area contributed by atoms with Gasteiger partial charge in [0.1, 0.15) is 0 Å². The Morgan fingerprint density at radius 2 is 1.83 bits per heavy atom. The molecular weight excluding hydrogens is 304 g/mol. The molecule has 1 unspecified atom stereocenters. The number of rotatable bonds is 5. The number of aliphatic hydroxyl groups excluding tert-OH is 1. The summed E-state index contributed by atoms with van der Waals surface area (Å²) < 4.78 is 0. The maximum atomic E-state index is 12.1. The molecule has 2 aromatic carbocycles. The van der Waals surface area contributed by atoms with E-state index in [2.05, 4.69) is 5.32 Å². The number of carbonyl (C=O) groups excluding carboxylic acids is 2. The molecule has 1 aliphatic rings. The van der Waals surface area contributed by atoms with Crippen LogP contribution < -0.4 is 10.2 Å². The number of hydrogen-bond acceptors (Lipinski definition) is 3. The Balaban J connectivity index is 1.57. The van der Waals surface area contributed by atoms with Crippen molar-refractivity contribution < 1.29 is 14.7 Å². The highest BCUT2D eigenvalue weighted by Crippen LogP contribution is 2.23. The first-order chi connectivity index (χ1) is 11.6. The molecule has 5 nitrogen and oxygen atoms in total. The van der Waals surface area contributed by atoms with Crippen LogP contribution in [0, 0.1) is 0 Å². The molecule has 0 aromatic heterocycles. The smallest absolute Gasteiger partial charge is 0.227 e. The number of nitrogens with one attached hydrogen (secondary N) is 1. The van der Waals surface area contributed by atoms with E-state index in [-0.39, 0.29) is 18.2 Å². The van der Waals surface area contributed by atoms with Crippen molar-refractivity contribution in [2.24, 2.45) is 0 Å². The van der Waals surface area contributed by atoms with E-state index in [0.29, 0.717) is 12.1 Å². The van der Waals surface area contributed by atoms with Crippen LogP contribution in [-0.2, 0) is 9.59 Å². The zero-order valence-electron chi connectivity index (χ0n) is 13.3. The van der Waals surface area contributed by atoms with E-state index in [0.717, 1.165) is 24.2 Å². The van der Waals surface area contributed by atoms with Crippen LogP contribution in [0.15, 0.2) is 54.6 Å². The Kier molecular flexibility index (Phi) is 4.91. The Hall–Kier alpha value is -2.66. The van der Waals surface area contributed by atoms with Crippen LogP contribution in [0.25, 0.3) is 0 Å². The van der Waals surface area contributed by atoms with Crippen molar-refractivity contribution in [2.75, 3.05) is 16.8 Å². The third-order valence-corrected chi connectivity index (χ3v) is 4.10. The molecule has 2 N–H and O–H groups in total. The molecule has 24 heavy (non-hydrogen) atoms. The summed E-state index contributed by atoms with van der Waals surface area (Å²) in [7, 11) is 0. The van der Waals surface area contributed by atoms with E-state index < -0.39 is 6.10 Å². The fourth-order valence-electron chi connectivity index (χ4n) is 2.83. The fourth-order valence-corrected chi connectivity index (χ4v) is 2.83. The van der Waals surface area contributed by atoms with Crippen LogP contribution in [0.5, 0.6) is 0 Å². The largest absolute Gasteiger partial charge is 0.388 e. The number of aliphatic hydroxyl groups is 1. The molecule has 124 valence electrons. The summed E-state index contributed by atoms with van der Waals surface area (Å²) in [4.78, 5) is 25.5. The van der Waals surface area contributed by atoms with Crippen LogP contribution in [0.3, 0.4) is 0 Å². The molecular formula is C19H20N2O3. The minimum atomic E-state index is -0.826. The summed E-state index contributed by atoms with van der Waals surface area (Å²) in [5.74, 6) is -0.117. The predicted molar refractivity (Wildman–Crippen MR) is 92.7 cm³/mol.